The largest absolute Gasteiger partial charge is 0.322 e. The molecule has 1 N–H and O–H groups in total. The van der Waals surface area contributed by atoms with Gasteiger partial charge in [0.15, 0.2) is 0 Å². The average Bonchev–Trinajstić information content (AvgIpc) is 2.74. The molecule has 0 saturated carbocycles. The molecule has 3 aromatic rings. The number of nitrogens with one attached hydrogen (secondary N) is 1. The molecule has 2 nitrogen and oxygen atoms in total. The van der Waals surface area contributed by atoms with E-state index in [4.69, 9.17) is 0 Å². The lowest BCUT2D eigenvalue weighted by Crippen LogP contribution is -2.13. The van der Waals surface area contributed by atoms with Gasteiger partial charge in [-0.15, -0.1) is 0 Å². The first-order chi connectivity index (χ1) is 9.27. The molecule has 0 aliphatic heterocycles. The number of pyridine rings is 1. The quantitative estimate of drug-likeness (QED) is 0.646. The van der Waals surface area contributed by atoms with Crippen LogP contribution in [0, 0.1) is 0 Å². The van der Waals surface area contributed by atoms with Gasteiger partial charge in [0.25, 0.3) is 5.56 Å². The lowest BCUT2D eigenvalue weighted by atomic mass is 10.00. The van der Waals surface area contributed by atoms with Crippen molar-refractivity contribution in [2.75, 3.05) is 0 Å². The zero-order valence-corrected chi connectivity index (χ0v) is 10.6. The van der Waals surface area contributed by atoms with Crippen molar-refractivity contribution in [3.05, 3.63) is 70.0 Å². The van der Waals surface area contributed by atoms with Crippen LogP contribution in [-0.4, -0.2) is 4.98 Å². The SMILES string of the molecule is CC1c2ccccc2-c2c1c(=O)[nH]c1ccccc21. The Kier molecular flexibility index (Phi) is 1.99. The maximum Gasteiger partial charge on any atom is 0.252 e. The summed E-state index contributed by atoms with van der Waals surface area (Å²) in [6.07, 6.45) is 0. The molecule has 0 bridgehead atoms. The molecule has 1 atom stereocenters. The summed E-state index contributed by atoms with van der Waals surface area (Å²) < 4.78 is 0. The molecule has 1 aliphatic rings. The summed E-state index contributed by atoms with van der Waals surface area (Å²) in [6, 6.07) is 16.3. The minimum atomic E-state index is 0.0393. The van der Waals surface area contributed by atoms with E-state index in [2.05, 4.69) is 30.1 Å². The highest BCUT2D eigenvalue weighted by Crippen LogP contribution is 2.45. The average molecular weight is 247 g/mol. The summed E-state index contributed by atoms with van der Waals surface area (Å²) in [4.78, 5) is 15.3. The molecule has 0 amide bonds. The van der Waals surface area contributed by atoms with Gasteiger partial charge in [-0.2, -0.15) is 0 Å². The Morgan fingerprint density at radius 1 is 1.00 bits per heavy atom. The Balaban J connectivity index is 2.26. The topological polar surface area (TPSA) is 32.9 Å². The first-order valence-corrected chi connectivity index (χ1v) is 6.51. The monoisotopic (exact) mass is 247 g/mol. The molecular formula is C17H13NO. The van der Waals surface area contributed by atoms with Crippen LogP contribution in [0.5, 0.6) is 0 Å². The van der Waals surface area contributed by atoms with Crippen LogP contribution in [0.15, 0.2) is 53.3 Å². The Bertz CT molecular complexity index is 861. The fraction of sp³-hybridized carbons (Fsp3) is 0.118. The number of para-hydroxylation sites is 1. The number of hydrogen-bond donors (Lipinski definition) is 1. The highest BCUT2D eigenvalue weighted by molar-refractivity contribution is 5.99. The van der Waals surface area contributed by atoms with Gasteiger partial charge in [0.2, 0.25) is 0 Å². The van der Waals surface area contributed by atoms with Crippen molar-refractivity contribution in [1.82, 2.24) is 4.98 Å². The second kappa shape index (κ2) is 3.58. The van der Waals surface area contributed by atoms with Crippen LogP contribution in [0.1, 0.15) is 24.0 Å². The maximum absolute atomic E-state index is 12.3. The standard InChI is InChI=1S/C17H13NO/c1-10-11-6-2-3-7-12(11)16-13-8-4-5-9-14(13)18-17(19)15(10)16/h2-10H,1H3,(H,18,19). The molecule has 1 aromatic heterocycles. The molecule has 1 heterocycles. The third-order valence-corrected chi connectivity index (χ3v) is 4.09. The van der Waals surface area contributed by atoms with E-state index in [0.29, 0.717) is 0 Å². The highest BCUT2D eigenvalue weighted by atomic mass is 16.1. The van der Waals surface area contributed by atoms with Gasteiger partial charge < -0.3 is 4.98 Å². The molecule has 92 valence electrons. The van der Waals surface area contributed by atoms with Crippen molar-refractivity contribution >= 4 is 10.9 Å². The third-order valence-electron chi connectivity index (χ3n) is 4.09. The number of fused-ring (bicyclic) bond motifs is 5. The second-order valence-electron chi connectivity index (χ2n) is 5.10. The predicted molar refractivity (Wildman–Crippen MR) is 77.5 cm³/mol. The molecule has 2 heteroatoms. The number of benzene rings is 2. The van der Waals surface area contributed by atoms with E-state index in [1.54, 1.807) is 0 Å². The Labute approximate surface area is 110 Å². The summed E-state index contributed by atoms with van der Waals surface area (Å²) in [7, 11) is 0. The molecular weight excluding hydrogens is 234 g/mol. The molecule has 4 rings (SSSR count). The number of aromatic amines is 1. The molecule has 1 unspecified atom stereocenters. The van der Waals surface area contributed by atoms with E-state index in [1.165, 1.54) is 11.1 Å². The van der Waals surface area contributed by atoms with Gasteiger partial charge in [-0.3, -0.25) is 4.79 Å². The normalized spacial score (nSPS) is 16.4. The van der Waals surface area contributed by atoms with Gasteiger partial charge in [-0.25, -0.2) is 0 Å². The van der Waals surface area contributed by atoms with Gasteiger partial charge in [-0.1, -0.05) is 49.4 Å². The highest BCUT2D eigenvalue weighted by Gasteiger charge is 2.29. The van der Waals surface area contributed by atoms with Crippen LogP contribution in [0.2, 0.25) is 0 Å². The van der Waals surface area contributed by atoms with Crippen LogP contribution in [0.3, 0.4) is 0 Å². The van der Waals surface area contributed by atoms with E-state index >= 15 is 0 Å². The zero-order chi connectivity index (χ0) is 13.0. The van der Waals surface area contributed by atoms with Crippen molar-refractivity contribution in [3.63, 3.8) is 0 Å². The van der Waals surface area contributed by atoms with Gasteiger partial charge >= 0.3 is 0 Å². The van der Waals surface area contributed by atoms with E-state index < -0.39 is 0 Å². The zero-order valence-electron chi connectivity index (χ0n) is 10.6. The summed E-state index contributed by atoms with van der Waals surface area (Å²) in [5, 5.41) is 1.13. The lowest BCUT2D eigenvalue weighted by molar-refractivity contribution is 0.933. The van der Waals surface area contributed by atoms with E-state index in [0.717, 1.165) is 22.0 Å². The molecule has 2 aromatic carbocycles. The van der Waals surface area contributed by atoms with E-state index in [1.807, 2.05) is 30.3 Å². The minimum Gasteiger partial charge on any atom is -0.322 e. The third kappa shape index (κ3) is 1.28. The van der Waals surface area contributed by atoms with E-state index in [-0.39, 0.29) is 11.5 Å². The molecule has 0 spiro atoms. The minimum absolute atomic E-state index is 0.0393. The Hall–Kier alpha value is -2.35. The first-order valence-electron chi connectivity index (χ1n) is 6.51. The Morgan fingerprint density at radius 2 is 1.74 bits per heavy atom. The Morgan fingerprint density at radius 3 is 2.63 bits per heavy atom. The van der Waals surface area contributed by atoms with Crippen LogP contribution in [0.4, 0.5) is 0 Å². The summed E-state index contributed by atoms with van der Waals surface area (Å²) >= 11 is 0. The fourth-order valence-electron chi connectivity index (χ4n) is 3.22. The van der Waals surface area contributed by atoms with Crippen molar-refractivity contribution in [3.8, 4) is 11.1 Å². The molecule has 0 saturated heterocycles. The summed E-state index contributed by atoms with van der Waals surface area (Å²) in [5.41, 5.74) is 5.42. The van der Waals surface area contributed by atoms with Crippen molar-refractivity contribution in [2.45, 2.75) is 12.8 Å². The smallest absolute Gasteiger partial charge is 0.252 e. The number of rotatable bonds is 0. The lowest BCUT2D eigenvalue weighted by Gasteiger charge is -2.07. The van der Waals surface area contributed by atoms with Gasteiger partial charge in [-0.05, 0) is 17.2 Å². The van der Waals surface area contributed by atoms with E-state index in [9.17, 15) is 4.79 Å². The molecule has 1 aliphatic carbocycles. The number of H-pyrrole nitrogens is 1. The predicted octanol–water partition coefficient (Wildman–Crippen LogP) is 3.66. The van der Waals surface area contributed by atoms with Gasteiger partial charge in [0, 0.05) is 27.9 Å². The van der Waals surface area contributed by atoms with Crippen LogP contribution in [-0.2, 0) is 0 Å². The van der Waals surface area contributed by atoms with Gasteiger partial charge in [0.05, 0.1) is 0 Å². The van der Waals surface area contributed by atoms with Crippen molar-refractivity contribution in [1.29, 1.82) is 0 Å². The molecule has 0 fully saturated rings. The van der Waals surface area contributed by atoms with Crippen LogP contribution < -0.4 is 5.56 Å². The first kappa shape index (κ1) is 10.6. The maximum atomic E-state index is 12.3. The number of aromatic nitrogens is 1. The van der Waals surface area contributed by atoms with Crippen LogP contribution >= 0.6 is 0 Å². The molecule has 19 heavy (non-hydrogen) atoms. The number of hydrogen-bond acceptors (Lipinski definition) is 1. The summed E-state index contributed by atoms with van der Waals surface area (Å²) in [6.45, 7) is 2.11. The summed E-state index contributed by atoms with van der Waals surface area (Å²) in [5.74, 6) is 0.166. The fourth-order valence-corrected chi connectivity index (χ4v) is 3.22. The van der Waals surface area contributed by atoms with Gasteiger partial charge in [0.1, 0.15) is 0 Å². The van der Waals surface area contributed by atoms with Crippen molar-refractivity contribution in [2.24, 2.45) is 0 Å². The molecule has 0 radical (unpaired) electrons. The van der Waals surface area contributed by atoms with Crippen LogP contribution in [0.25, 0.3) is 22.0 Å². The second-order valence-corrected chi connectivity index (χ2v) is 5.10. The van der Waals surface area contributed by atoms with Crippen molar-refractivity contribution < 1.29 is 0 Å².